The zero-order valence-electron chi connectivity index (χ0n) is 13.8. The molecule has 4 bridgehead atoms. The van der Waals surface area contributed by atoms with Crippen molar-refractivity contribution in [3.8, 4) is 9.88 Å². The summed E-state index contributed by atoms with van der Waals surface area (Å²) in [4.78, 5) is 19.5. The standard InChI is InChI=1S/C19H22N2OS2/c1-10-17(24-19(20-10)15-3-2-4-23-15)18(22)21-16-13-6-11-5-12(8-13)9-14(16)7-11/h2-4,11-14,16H,5-9H2,1H3,(H,21,22). The maximum atomic E-state index is 12.9. The summed E-state index contributed by atoms with van der Waals surface area (Å²) in [5, 5.41) is 6.44. The quantitative estimate of drug-likeness (QED) is 0.861. The number of nitrogens with one attached hydrogen (secondary N) is 1. The van der Waals surface area contributed by atoms with Gasteiger partial charge in [-0.3, -0.25) is 4.79 Å². The largest absolute Gasteiger partial charge is 0.348 e. The van der Waals surface area contributed by atoms with Gasteiger partial charge in [-0.05, 0) is 74.1 Å². The second kappa shape index (κ2) is 5.67. The van der Waals surface area contributed by atoms with Crippen LogP contribution in [0.4, 0.5) is 0 Å². The Hall–Kier alpha value is -1.20. The van der Waals surface area contributed by atoms with Gasteiger partial charge in [0.25, 0.3) is 5.91 Å². The molecule has 0 spiro atoms. The molecule has 4 aliphatic rings. The summed E-state index contributed by atoms with van der Waals surface area (Å²) in [6.07, 6.45) is 6.78. The summed E-state index contributed by atoms with van der Waals surface area (Å²) >= 11 is 3.22. The molecule has 5 heteroatoms. The highest BCUT2D eigenvalue weighted by Gasteiger charge is 2.48. The van der Waals surface area contributed by atoms with Gasteiger partial charge in [0.2, 0.25) is 0 Å². The number of amides is 1. The van der Waals surface area contributed by atoms with Crippen molar-refractivity contribution in [2.75, 3.05) is 0 Å². The fraction of sp³-hybridized carbons (Fsp3) is 0.579. The molecule has 0 atom stereocenters. The van der Waals surface area contributed by atoms with Crippen LogP contribution in [0.25, 0.3) is 9.88 Å². The maximum Gasteiger partial charge on any atom is 0.263 e. The Morgan fingerprint density at radius 2 is 1.88 bits per heavy atom. The van der Waals surface area contributed by atoms with E-state index in [1.54, 1.807) is 11.3 Å². The van der Waals surface area contributed by atoms with Crippen molar-refractivity contribution in [2.45, 2.75) is 45.1 Å². The summed E-state index contributed by atoms with van der Waals surface area (Å²) in [6, 6.07) is 4.50. The zero-order chi connectivity index (χ0) is 16.3. The van der Waals surface area contributed by atoms with Crippen LogP contribution in [-0.2, 0) is 0 Å². The van der Waals surface area contributed by atoms with Crippen molar-refractivity contribution in [3.63, 3.8) is 0 Å². The Balaban J connectivity index is 1.36. The van der Waals surface area contributed by atoms with E-state index in [1.807, 2.05) is 13.0 Å². The molecule has 0 saturated heterocycles. The van der Waals surface area contributed by atoms with Gasteiger partial charge in [0.15, 0.2) is 0 Å². The molecule has 0 aromatic carbocycles. The lowest BCUT2D eigenvalue weighted by Gasteiger charge is -2.54. The summed E-state index contributed by atoms with van der Waals surface area (Å²) in [6.45, 7) is 1.96. The zero-order valence-corrected chi connectivity index (χ0v) is 15.5. The number of carbonyl (C=O) groups excluding carboxylic acids is 1. The van der Waals surface area contributed by atoms with E-state index in [0.29, 0.717) is 6.04 Å². The minimum absolute atomic E-state index is 0.102. The van der Waals surface area contributed by atoms with Crippen molar-refractivity contribution in [1.29, 1.82) is 0 Å². The number of rotatable bonds is 3. The molecule has 0 aliphatic heterocycles. The summed E-state index contributed by atoms with van der Waals surface area (Å²) < 4.78 is 0. The summed E-state index contributed by atoms with van der Waals surface area (Å²) in [5.41, 5.74) is 0.865. The molecule has 6 rings (SSSR count). The molecule has 4 saturated carbocycles. The number of hydrogen-bond acceptors (Lipinski definition) is 4. The highest BCUT2D eigenvalue weighted by atomic mass is 32.1. The van der Waals surface area contributed by atoms with Gasteiger partial charge in [-0.1, -0.05) is 6.07 Å². The van der Waals surface area contributed by atoms with Gasteiger partial charge in [-0.2, -0.15) is 0 Å². The Kier molecular flexibility index (Phi) is 3.56. The first-order valence-corrected chi connectivity index (χ1v) is 10.7. The van der Waals surface area contributed by atoms with Crippen LogP contribution >= 0.6 is 22.7 Å². The molecule has 4 aliphatic carbocycles. The summed E-state index contributed by atoms with van der Waals surface area (Å²) in [5.74, 6) is 3.42. The Morgan fingerprint density at radius 1 is 1.17 bits per heavy atom. The molecule has 2 heterocycles. The predicted octanol–water partition coefficient (Wildman–Crippen LogP) is 4.73. The molecule has 2 aromatic heterocycles. The van der Waals surface area contributed by atoms with Gasteiger partial charge in [-0.25, -0.2) is 4.98 Å². The van der Waals surface area contributed by atoms with Crippen LogP contribution in [0.2, 0.25) is 0 Å². The third-order valence-corrected chi connectivity index (χ3v) is 8.45. The number of thiazole rings is 1. The highest BCUT2D eigenvalue weighted by Crippen LogP contribution is 2.53. The van der Waals surface area contributed by atoms with Gasteiger partial charge in [0.1, 0.15) is 9.88 Å². The Bertz CT molecular complexity index is 736. The van der Waals surface area contributed by atoms with Crippen LogP contribution in [0.1, 0.15) is 47.5 Å². The van der Waals surface area contributed by atoms with Crippen LogP contribution in [0.3, 0.4) is 0 Å². The van der Waals surface area contributed by atoms with Crippen molar-refractivity contribution < 1.29 is 4.79 Å². The average molecular weight is 359 g/mol. The van der Waals surface area contributed by atoms with E-state index in [4.69, 9.17) is 0 Å². The van der Waals surface area contributed by atoms with E-state index in [0.717, 1.165) is 44.1 Å². The molecule has 24 heavy (non-hydrogen) atoms. The maximum absolute atomic E-state index is 12.9. The first-order valence-electron chi connectivity index (χ1n) is 8.99. The molecule has 3 nitrogen and oxygen atoms in total. The van der Waals surface area contributed by atoms with Crippen LogP contribution < -0.4 is 5.32 Å². The normalized spacial score (nSPS) is 33.8. The van der Waals surface area contributed by atoms with Gasteiger partial charge in [-0.15, -0.1) is 22.7 Å². The van der Waals surface area contributed by atoms with Crippen LogP contribution in [-0.4, -0.2) is 16.9 Å². The molecule has 4 fully saturated rings. The van der Waals surface area contributed by atoms with E-state index in [2.05, 4.69) is 21.7 Å². The van der Waals surface area contributed by atoms with Crippen molar-refractivity contribution in [1.82, 2.24) is 10.3 Å². The molecular weight excluding hydrogens is 336 g/mol. The Labute approximate surface area is 150 Å². The smallest absolute Gasteiger partial charge is 0.263 e. The Morgan fingerprint density at radius 3 is 2.50 bits per heavy atom. The first-order chi connectivity index (χ1) is 11.7. The van der Waals surface area contributed by atoms with E-state index >= 15 is 0 Å². The topological polar surface area (TPSA) is 42.0 Å². The second-order valence-corrected chi connectivity index (χ2v) is 9.79. The van der Waals surface area contributed by atoms with E-state index in [9.17, 15) is 4.79 Å². The predicted molar refractivity (Wildman–Crippen MR) is 98.5 cm³/mol. The average Bonchev–Trinajstić information content (AvgIpc) is 3.19. The van der Waals surface area contributed by atoms with Gasteiger partial charge in [0, 0.05) is 6.04 Å². The second-order valence-electron chi connectivity index (χ2n) is 7.84. The van der Waals surface area contributed by atoms with E-state index < -0.39 is 0 Å². The number of aromatic nitrogens is 1. The summed E-state index contributed by atoms with van der Waals surface area (Å²) in [7, 11) is 0. The molecule has 126 valence electrons. The first kappa shape index (κ1) is 15.1. The third kappa shape index (κ3) is 2.44. The fourth-order valence-electron chi connectivity index (χ4n) is 5.49. The highest BCUT2D eigenvalue weighted by molar-refractivity contribution is 7.22. The number of hydrogen-bond donors (Lipinski definition) is 1. The lowest BCUT2D eigenvalue weighted by atomic mass is 9.54. The molecular formula is C19H22N2OS2. The number of nitrogens with zero attached hydrogens (tertiary/aromatic N) is 1. The van der Waals surface area contributed by atoms with Gasteiger partial charge < -0.3 is 5.32 Å². The minimum atomic E-state index is 0.102. The molecule has 2 aromatic rings. The third-order valence-electron chi connectivity index (χ3n) is 6.26. The number of thiophene rings is 1. The van der Waals surface area contributed by atoms with Crippen molar-refractivity contribution in [2.24, 2.45) is 23.7 Å². The lowest BCUT2D eigenvalue weighted by molar-refractivity contribution is -0.0119. The number of aryl methyl sites for hydroxylation is 1. The van der Waals surface area contributed by atoms with Crippen molar-refractivity contribution in [3.05, 3.63) is 28.1 Å². The lowest BCUT2D eigenvalue weighted by Crippen LogP contribution is -2.55. The van der Waals surface area contributed by atoms with Gasteiger partial charge in [0.05, 0.1) is 10.6 Å². The molecule has 0 radical (unpaired) electrons. The van der Waals surface area contributed by atoms with Crippen LogP contribution in [0, 0.1) is 30.6 Å². The van der Waals surface area contributed by atoms with Crippen LogP contribution in [0.15, 0.2) is 17.5 Å². The molecule has 1 amide bonds. The van der Waals surface area contributed by atoms with Gasteiger partial charge >= 0.3 is 0 Å². The SMILES string of the molecule is Cc1nc(-c2cccs2)sc1C(=O)NC1C2CC3CC(C2)CC1C3. The minimum Gasteiger partial charge on any atom is -0.348 e. The van der Waals surface area contributed by atoms with Crippen LogP contribution in [0.5, 0.6) is 0 Å². The van der Waals surface area contributed by atoms with Crippen molar-refractivity contribution >= 4 is 28.6 Å². The van der Waals surface area contributed by atoms with E-state index in [1.165, 1.54) is 43.4 Å². The fourth-order valence-corrected chi connectivity index (χ4v) is 7.26. The molecule has 0 unspecified atom stereocenters. The molecule has 1 N–H and O–H groups in total. The van der Waals surface area contributed by atoms with E-state index in [-0.39, 0.29) is 5.91 Å². The monoisotopic (exact) mass is 358 g/mol. The number of carbonyl (C=O) groups is 1.